The molecule has 3 amide bonds. The SMILES string of the molecule is CCC(CC)(NC(=O)NC(C)C(N)=O)C(=O)O. The molecule has 0 spiro atoms. The molecule has 0 bridgehead atoms. The van der Waals surface area contributed by atoms with E-state index in [9.17, 15) is 14.4 Å². The van der Waals surface area contributed by atoms with Gasteiger partial charge in [0.05, 0.1) is 0 Å². The molecule has 7 nitrogen and oxygen atoms in total. The largest absolute Gasteiger partial charge is 0.480 e. The summed E-state index contributed by atoms with van der Waals surface area (Å²) in [6.07, 6.45) is 0.494. The van der Waals surface area contributed by atoms with E-state index in [-0.39, 0.29) is 12.8 Å². The molecule has 0 aromatic carbocycles. The molecule has 0 aliphatic carbocycles. The van der Waals surface area contributed by atoms with Gasteiger partial charge < -0.3 is 21.5 Å². The fraction of sp³-hybridized carbons (Fsp3) is 0.700. The van der Waals surface area contributed by atoms with Gasteiger partial charge in [-0.1, -0.05) is 13.8 Å². The summed E-state index contributed by atoms with van der Waals surface area (Å²) in [5.74, 6) is -1.79. The maximum atomic E-state index is 11.5. The number of nitrogens with two attached hydrogens (primary N) is 1. The van der Waals surface area contributed by atoms with Crippen LogP contribution in [0, 0.1) is 0 Å². The highest BCUT2D eigenvalue weighted by Crippen LogP contribution is 2.15. The second-order valence-electron chi connectivity index (χ2n) is 3.82. The van der Waals surface area contributed by atoms with Crippen LogP contribution in [-0.4, -0.2) is 34.6 Å². The molecule has 0 aliphatic rings. The molecule has 0 saturated heterocycles. The van der Waals surface area contributed by atoms with E-state index in [4.69, 9.17) is 10.8 Å². The summed E-state index contributed by atoms with van der Waals surface area (Å²) in [6.45, 7) is 4.74. The second kappa shape index (κ2) is 6.07. The lowest BCUT2D eigenvalue weighted by atomic mass is 9.93. The van der Waals surface area contributed by atoms with Gasteiger partial charge in [0.2, 0.25) is 5.91 Å². The van der Waals surface area contributed by atoms with Gasteiger partial charge in [0, 0.05) is 0 Å². The first-order valence-electron chi connectivity index (χ1n) is 5.40. The lowest BCUT2D eigenvalue weighted by molar-refractivity contribution is -0.144. The van der Waals surface area contributed by atoms with Crippen molar-refractivity contribution in [2.45, 2.75) is 45.2 Å². The van der Waals surface area contributed by atoms with Crippen LogP contribution in [0.15, 0.2) is 0 Å². The third kappa shape index (κ3) is 3.93. The third-order valence-corrected chi connectivity index (χ3v) is 2.74. The zero-order chi connectivity index (χ0) is 13.6. The Morgan fingerprint density at radius 1 is 1.29 bits per heavy atom. The van der Waals surface area contributed by atoms with E-state index >= 15 is 0 Å². The number of urea groups is 1. The highest BCUT2D eigenvalue weighted by atomic mass is 16.4. The molecule has 0 aromatic rings. The number of hydrogen-bond acceptors (Lipinski definition) is 3. The van der Waals surface area contributed by atoms with Gasteiger partial charge in [-0.25, -0.2) is 9.59 Å². The van der Waals surface area contributed by atoms with Crippen molar-refractivity contribution in [3.8, 4) is 0 Å². The van der Waals surface area contributed by atoms with Crippen LogP contribution in [0.1, 0.15) is 33.6 Å². The number of carboxylic acids is 1. The summed E-state index contributed by atoms with van der Waals surface area (Å²) in [6, 6.07) is -1.57. The fourth-order valence-corrected chi connectivity index (χ4v) is 1.30. The summed E-state index contributed by atoms with van der Waals surface area (Å²) in [5.41, 5.74) is 3.66. The number of hydrogen-bond donors (Lipinski definition) is 4. The minimum absolute atomic E-state index is 0.247. The predicted molar refractivity (Wildman–Crippen MR) is 61.3 cm³/mol. The van der Waals surface area contributed by atoms with Crippen molar-refractivity contribution in [3.63, 3.8) is 0 Å². The van der Waals surface area contributed by atoms with Crippen molar-refractivity contribution in [2.75, 3.05) is 0 Å². The lowest BCUT2D eigenvalue weighted by Crippen LogP contribution is -2.58. The van der Waals surface area contributed by atoms with Gasteiger partial charge in [0.25, 0.3) is 0 Å². The van der Waals surface area contributed by atoms with Gasteiger partial charge in [-0.05, 0) is 19.8 Å². The topological polar surface area (TPSA) is 122 Å². The maximum Gasteiger partial charge on any atom is 0.329 e. The van der Waals surface area contributed by atoms with E-state index in [1.54, 1.807) is 13.8 Å². The quantitative estimate of drug-likeness (QED) is 0.517. The first-order valence-corrected chi connectivity index (χ1v) is 5.40. The molecule has 0 radical (unpaired) electrons. The molecule has 7 heteroatoms. The molecular formula is C10H19N3O4. The Labute approximate surface area is 99.7 Å². The average Bonchev–Trinajstić information content (AvgIpc) is 2.25. The van der Waals surface area contributed by atoms with Crippen molar-refractivity contribution in [3.05, 3.63) is 0 Å². The molecule has 1 unspecified atom stereocenters. The summed E-state index contributed by atoms with van der Waals surface area (Å²) >= 11 is 0. The van der Waals surface area contributed by atoms with Gasteiger partial charge in [-0.3, -0.25) is 4.79 Å². The summed E-state index contributed by atoms with van der Waals surface area (Å²) in [4.78, 5) is 33.3. The number of aliphatic carboxylic acids is 1. The smallest absolute Gasteiger partial charge is 0.329 e. The molecule has 0 saturated carbocycles. The van der Waals surface area contributed by atoms with E-state index in [0.29, 0.717) is 0 Å². The normalized spacial score (nSPS) is 12.6. The number of carbonyl (C=O) groups is 3. The van der Waals surface area contributed by atoms with E-state index in [2.05, 4.69) is 10.6 Å². The van der Waals surface area contributed by atoms with Crippen molar-refractivity contribution in [1.82, 2.24) is 10.6 Å². The minimum Gasteiger partial charge on any atom is -0.480 e. The van der Waals surface area contributed by atoms with Crippen molar-refractivity contribution >= 4 is 17.9 Å². The summed E-state index contributed by atoms with van der Waals surface area (Å²) in [7, 11) is 0. The van der Waals surface area contributed by atoms with Crippen LogP contribution in [0.3, 0.4) is 0 Å². The van der Waals surface area contributed by atoms with Crippen LogP contribution in [0.4, 0.5) is 4.79 Å². The van der Waals surface area contributed by atoms with Crippen molar-refractivity contribution in [2.24, 2.45) is 5.73 Å². The number of carbonyl (C=O) groups excluding carboxylic acids is 2. The van der Waals surface area contributed by atoms with Gasteiger partial charge in [-0.2, -0.15) is 0 Å². The first kappa shape index (κ1) is 15.2. The lowest BCUT2D eigenvalue weighted by Gasteiger charge is -2.28. The Morgan fingerprint density at radius 2 is 1.76 bits per heavy atom. The number of nitrogens with one attached hydrogen (secondary N) is 2. The Balaban J connectivity index is 4.63. The van der Waals surface area contributed by atoms with E-state index in [1.807, 2.05) is 0 Å². The highest BCUT2D eigenvalue weighted by molar-refractivity contribution is 5.89. The molecule has 1 atom stereocenters. The second-order valence-corrected chi connectivity index (χ2v) is 3.82. The monoisotopic (exact) mass is 245 g/mol. The Bertz CT molecular complexity index is 313. The number of primary amides is 1. The van der Waals surface area contributed by atoms with E-state index < -0.39 is 29.5 Å². The van der Waals surface area contributed by atoms with E-state index in [0.717, 1.165) is 0 Å². The van der Waals surface area contributed by atoms with Crippen LogP contribution in [0.2, 0.25) is 0 Å². The summed E-state index contributed by atoms with van der Waals surface area (Å²) in [5, 5.41) is 13.7. The van der Waals surface area contributed by atoms with Crippen LogP contribution in [0.25, 0.3) is 0 Å². The summed E-state index contributed by atoms with van der Waals surface area (Å²) < 4.78 is 0. The van der Waals surface area contributed by atoms with Crippen LogP contribution in [0.5, 0.6) is 0 Å². The zero-order valence-electron chi connectivity index (χ0n) is 10.2. The van der Waals surface area contributed by atoms with Crippen LogP contribution >= 0.6 is 0 Å². The van der Waals surface area contributed by atoms with Crippen molar-refractivity contribution < 1.29 is 19.5 Å². The molecule has 0 fully saturated rings. The van der Waals surface area contributed by atoms with Crippen molar-refractivity contribution in [1.29, 1.82) is 0 Å². The molecule has 0 aliphatic heterocycles. The maximum absolute atomic E-state index is 11.5. The van der Waals surface area contributed by atoms with E-state index in [1.165, 1.54) is 6.92 Å². The molecule has 17 heavy (non-hydrogen) atoms. The van der Waals surface area contributed by atoms with Crippen LogP contribution in [-0.2, 0) is 9.59 Å². The molecule has 98 valence electrons. The van der Waals surface area contributed by atoms with Gasteiger partial charge in [-0.15, -0.1) is 0 Å². The van der Waals surface area contributed by atoms with Gasteiger partial charge in [0.15, 0.2) is 0 Å². The molecule has 5 N–H and O–H groups in total. The Kier molecular flexibility index (Phi) is 5.43. The molecule has 0 heterocycles. The first-order chi connectivity index (χ1) is 7.79. The third-order valence-electron chi connectivity index (χ3n) is 2.74. The standard InChI is InChI=1S/C10H19N3O4/c1-4-10(5-2,8(15)16)13-9(17)12-6(3)7(11)14/h6H,4-5H2,1-3H3,(H2,11,14)(H,15,16)(H2,12,13,17). The number of carboxylic acid groups (broad SMARTS) is 1. The van der Waals surface area contributed by atoms with Gasteiger partial charge >= 0.3 is 12.0 Å². The Morgan fingerprint density at radius 3 is 2.06 bits per heavy atom. The minimum atomic E-state index is -1.32. The molecule has 0 rings (SSSR count). The number of rotatable bonds is 6. The molecular weight excluding hydrogens is 226 g/mol. The van der Waals surface area contributed by atoms with Crippen LogP contribution < -0.4 is 16.4 Å². The average molecular weight is 245 g/mol. The number of amides is 3. The van der Waals surface area contributed by atoms with Gasteiger partial charge in [0.1, 0.15) is 11.6 Å². The predicted octanol–water partition coefficient (Wildman–Crippen LogP) is -0.197. The molecule has 0 aromatic heterocycles. The Hall–Kier alpha value is -1.79. The fourth-order valence-electron chi connectivity index (χ4n) is 1.30. The zero-order valence-corrected chi connectivity index (χ0v) is 10.2. The highest BCUT2D eigenvalue weighted by Gasteiger charge is 2.36.